The van der Waals surface area contributed by atoms with Crippen molar-refractivity contribution in [1.29, 1.82) is 0 Å². The Morgan fingerprint density at radius 2 is 0.667 bits per heavy atom. The average Bonchev–Trinajstić information content (AvgIpc) is 3.77. The molecule has 2 heterocycles. The lowest BCUT2D eigenvalue weighted by atomic mass is 10.0. The van der Waals surface area contributed by atoms with Gasteiger partial charge in [-0.3, -0.25) is 9.59 Å². The fourth-order valence-electron chi connectivity index (χ4n) is 8.82. The Hall–Kier alpha value is -7.70. The average molecular weight is 779 g/mol. The van der Waals surface area contributed by atoms with Crippen LogP contribution >= 0.6 is 0 Å². The highest BCUT2D eigenvalue weighted by Gasteiger charge is 2.48. The number of carbonyl (C=O) groups is 2. The molecule has 2 aliphatic rings. The molecule has 2 amide bonds. The molecule has 6 nitrogen and oxygen atoms in total. The zero-order valence-electron chi connectivity index (χ0n) is 33.5. The van der Waals surface area contributed by atoms with E-state index < -0.39 is 0 Å². The standard InChI is InChI=1S/C54H42N4O2/c1-3-55-51(39-25-29-45(30-26-39)57(43-19-7-5-8-20-43)47-33-23-37-15-11-13-17-41(37)35-47)49-50(53(55)59)52(56(4-2)54(49)60)40-27-31-46(32-28-40)58(44-21-9-6-10-22-44)48-34-24-38-16-12-14-18-42(38)36-48/h5-36H,3-4H2,1-2H3. The molecule has 0 radical (unpaired) electrons. The summed E-state index contributed by atoms with van der Waals surface area (Å²) < 4.78 is 0. The van der Waals surface area contributed by atoms with E-state index in [9.17, 15) is 9.59 Å². The third kappa shape index (κ3) is 6.21. The van der Waals surface area contributed by atoms with Crippen molar-refractivity contribution in [2.45, 2.75) is 13.8 Å². The number of fused-ring (bicyclic) bond motifs is 3. The third-order valence-electron chi connectivity index (χ3n) is 11.6. The normalized spacial score (nSPS) is 13.8. The fraction of sp³-hybridized carbons (Fsp3) is 0.0741. The quantitative estimate of drug-likeness (QED) is 0.139. The van der Waals surface area contributed by atoms with Gasteiger partial charge in [-0.15, -0.1) is 0 Å². The van der Waals surface area contributed by atoms with Gasteiger partial charge in [-0.05, 0) is 119 Å². The first-order chi connectivity index (χ1) is 29.5. The van der Waals surface area contributed by atoms with Crippen LogP contribution in [0.25, 0.3) is 32.9 Å². The van der Waals surface area contributed by atoms with Gasteiger partial charge in [0.25, 0.3) is 11.8 Å². The molecule has 0 N–H and O–H groups in total. The van der Waals surface area contributed by atoms with Gasteiger partial charge in [-0.1, -0.05) is 121 Å². The lowest BCUT2D eigenvalue weighted by Gasteiger charge is -2.27. The van der Waals surface area contributed by atoms with E-state index in [0.29, 0.717) is 35.6 Å². The van der Waals surface area contributed by atoms with Crippen LogP contribution in [0.4, 0.5) is 34.1 Å². The van der Waals surface area contributed by atoms with Crippen LogP contribution in [0.3, 0.4) is 0 Å². The van der Waals surface area contributed by atoms with Gasteiger partial charge in [0.1, 0.15) is 0 Å². The summed E-state index contributed by atoms with van der Waals surface area (Å²) in [6.07, 6.45) is 0. The Bertz CT molecular complexity index is 2790. The maximum atomic E-state index is 14.5. The van der Waals surface area contributed by atoms with Crippen LogP contribution in [0.5, 0.6) is 0 Å². The van der Waals surface area contributed by atoms with Gasteiger partial charge in [0.05, 0.1) is 22.5 Å². The molecule has 0 bridgehead atoms. The summed E-state index contributed by atoms with van der Waals surface area (Å²) in [5.41, 5.74) is 9.95. The summed E-state index contributed by atoms with van der Waals surface area (Å²) in [5.74, 6) is -0.307. The molecule has 0 aromatic heterocycles. The highest BCUT2D eigenvalue weighted by Crippen LogP contribution is 2.47. The number of para-hydroxylation sites is 2. The van der Waals surface area contributed by atoms with Crippen molar-refractivity contribution in [3.8, 4) is 0 Å². The first-order valence-corrected chi connectivity index (χ1v) is 20.5. The van der Waals surface area contributed by atoms with Crippen LogP contribution in [-0.4, -0.2) is 34.7 Å². The van der Waals surface area contributed by atoms with Gasteiger partial charge in [0.2, 0.25) is 0 Å². The smallest absolute Gasteiger partial charge is 0.261 e. The van der Waals surface area contributed by atoms with E-state index in [1.54, 1.807) is 9.80 Å². The Morgan fingerprint density at radius 3 is 1.03 bits per heavy atom. The molecular formula is C54H42N4O2. The van der Waals surface area contributed by atoms with Crippen molar-refractivity contribution in [1.82, 2.24) is 9.80 Å². The number of hydrogen-bond acceptors (Lipinski definition) is 4. The van der Waals surface area contributed by atoms with E-state index >= 15 is 0 Å². The van der Waals surface area contributed by atoms with E-state index in [1.807, 2.05) is 74.5 Å². The minimum atomic E-state index is -0.154. The Labute approximate surface area is 350 Å². The second-order valence-electron chi connectivity index (χ2n) is 15.0. The van der Waals surface area contributed by atoms with Crippen LogP contribution in [-0.2, 0) is 9.59 Å². The molecule has 0 fully saturated rings. The van der Waals surface area contributed by atoms with Crippen LogP contribution in [0.15, 0.2) is 205 Å². The number of hydrogen-bond donors (Lipinski definition) is 0. The van der Waals surface area contributed by atoms with Crippen LogP contribution in [0.2, 0.25) is 0 Å². The Morgan fingerprint density at radius 1 is 0.350 bits per heavy atom. The number of amides is 2. The first kappa shape index (κ1) is 36.6. The summed E-state index contributed by atoms with van der Waals surface area (Å²) in [6.45, 7) is 4.79. The predicted octanol–water partition coefficient (Wildman–Crippen LogP) is 12.8. The summed E-state index contributed by atoms with van der Waals surface area (Å²) >= 11 is 0. The molecule has 0 aliphatic carbocycles. The maximum Gasteiger partial charge on any atom is 0.261 e. The van der Waals surface area contributed by atoms with Gasteiger partial charge < -0.3 is 19.6 Å². The van der Waals surface area contributed by atoms with E-state index in [1.165, 1.54) is 10.8 Å². The van der Waals surface area contributed by atoms with Gasteiger partial charge in [0.15, 0.2) is 0 Å². The molecule has 6 heteroatoms. The zero-order valence-corrected chi connectivity index (χ0v) is 33.5. The molecule has 0 saturated carbocycles. The van der Waals surface area contributed by atoms with E-state index in [0.717, 1.165) is 56.0 Å². The number of nitrogens with zero attached hydrogens (tertiary/aromatic N) is 4. The molecule has 0 atom stereocenters. The van der Waals surface area contributed by atoms with Crippen LogP contribution in [0, 0.1) is 0 Å². The number of carbonyl (C=O) groups excluding carboxylic acids is 2. The van der Waals surface area contributed by atoms with Crippen molar-refractivity contribution >= 4 is 78.9 Å². The van der Waals surface area contributed by atoms with E-state index in [2.05, 4.69) is 143 Å². The third-order valence-corrected chi connectivity index (χ3v) is 11.6. The van der Waals surface area contributed by atoms with Crippen LogP contribution < -0.4 is 9.80 Å². The number of anilines is 6. The van der Waals surface area contributed by atoms with Gasteiger partial charge >= 0.3 is 0 Å². The molecular weight excluding hydrogens is 737 g/mol. The first-order valence-electron chi connectivity index (χ1n) is 20.5. The van der Waals surface area contributed by atoms with Gasteiger partial charge in [0, 0.05) is 47.2 Å². The summed E-state index contributed by atoms with van der Waals surface area (Å²) in [7, 11) is 0. The molecule has 0 spiro atoms. The number of rotatable bonds is 10. The number of benzene rings is 8. The maximum absolute atomic E-state index is 14.5. The molecule has 8 aromatic rings. The summed E-state index contributed by atoms with van der Waals surface area (Å²) in [4.78, 5) is 37.0. The second kappa shape index (κ2) is 15.2. The topological polar surface area (TPSA) is 47.1 Å². The van der Waals surface area contributed by atoms with Crippen molar-refractivity contribution in [3.05, 3.63) is 216 Å². The van der Waals surface area contributed by atoms with Crippen LogP contribution in [0.1, 0.15) is 25.0 Å². The molecule has 60 heavy (non-hydrogen) atoms. The monoisotopic (exact) mass is 778 g/mol. The van der Waals surface area contributed by atoms with Gasteiger partial charge in [-0.25, -0.2) is 0 Å². The Kier molecular flexibility index (Phi) is 9.30. The molecule has 10 rings (SSSR count). The molecule has 2 aliphatic heterocycles. The number of likely N-dealkylation sites (N-methyl/N-ethyl adjacent to an activating group) is 2. The minimum Gasteiger partial charge on any atom is -0.310 e. The molecule has 290 valence electrons. The highest BCUT2D eigenvalue weighted by atomic mass is 16.2. The Balaban J connectivity index is 1.05. The van der Waals surface area contributed by atoms with Crippen molar-refractivity contribution in [3.63, 3.8) is 0 Å². The summed E-state index contributed by atoms with van der Waals surface area (Å²) in [6, 6.07) is 66.8. The second-order valence-corrected chi connectivity index (χ2v) is 15.0. The van der Waals surface area contributed by atoms with E-state index in [-0.39, 0.29) is 11.8 Å². The van der Waals surface area contributed by atoms with Gasteiger partial charge in [-0.2, -0.15) is 0 Å². The largest absolute Gasteiger partial charge is 0.310 e. The zero-order chi connectivity index (χ0) is 40.7. The van der Waals surface area contributed by atoms with E-state index in [4.69, 9.17) is 0 Å². The molecule has 0 unspecified atom stereocenters. The fourth-order valence-corrected chi connectivity index (χ4v) is 8.82. The lowest BCUT2D eigenvalue weighted by molar-refractivity contribution is -0.124. The lowest BCUT2D eigenvalue weighted by Crippen LogP contribution is -2.29. The van der Waals surface area contributed by atoms with Crippen molar-refractivity contribution in [2.75, 3.05) is 22.9 Å². The van der Waals surface area contributed by atoms with Crippen molar-refractivity contribution in [2.24, 2.45) is 0 Å². The summed E-state index contributed by atoms with van der Waals surface area (Å²) in [5, 5.41) is 4.68. The SMILES string of the molecule is CCN1C(=O)C2=C(c3ccc(N(c4ccccc4)c4ccc5ccccc5c4)cc3)N(CC)C(=O)C2=C1c1ccc(N(c2ccccc2)c2ccc3ccccc3c2)cc1. The molecule has 0 saturated heterocycles. The molecule has 8 aromatic carbocycles. The minimum absolute atomic E-state index is 0.154. The van der Waals surface area contributed by atoms with Crippen molar-refractivity contribution < 1.29 is 9.59 Å². The highest BCUT2D eigenvalue weighted by molar-refractivity contribution is 6.30. The predicted molar refractivity (Wildman–Crippen MR) is 246 cm³/mol.